The van der Waals surface area contributed by atoms with Crippen LogP contribution in [0.4, 0.5) is 4.79 Å². The molecule has 1 unspecified atom stereocenters. The van der Waals surface area contributed by atoms with Crippen molar-refractivity contribution in [2.75, 3.05) is 13.1 Å². The van der Waals surface area contributed by atoms with Crippen molar-refractivity contribution in [2.45, 2.75) is 17.4 Å². The maximum atomic E-state index is 11.0. The first kappa shape index (κ1) is 8.10. The molecule has 1 rings (SSSR count). The highest BCUT2D eigenvalue weighted by atomic mass is 127. The van der Waals surface area contributed by atoms with Crippen molar-refractivity contribution in [3.05, 3.63) is 0 Å². The van der Waals surface area contributed by atoms with Gasteiger partial charge in [-0.3, -0.25) is 0 Å². The van der Waals surface area contributed by atoms with Crippen LogP contribution in [0.3, 0.4) is 0 Å². The molecule has 1 aliphatic heterocycles. The van der Waals surface area contributed by atoms with E-state index in [9.17, 15) is 4.79 Å². The van der Waals surface area contributed by atoms with E-state index < -0.39 is 0 Å². The SMILES string of the molecule is CC(I)N1CCCNC1=O. The van der Waals surface area contributed by atoms with E-state index in [4.69, 9.17) is 0 Å². The number of alkyl halides is 1. The van der Waals surface area contributed by atoms with Crippen molar-refractivity contribution in [3.63, 3.8) is 0 Å². The van der Waals surface area contributed by atoms with Crippen LogP contribution in [0.1, 0.15) is 13.3 Å². The van der Waals surface area contributed by atoms with E-state index in [1.165, 1.54) is 0 Å². The van der Waals surface area contributed by atoms with Crippen molar-refractivity contribution in [1.82, 2.24) is 10.2 Å². The molecule has 1 N–H and O–H groups in total. The number of hydrogen-bond acceptors (Lipinski definition) is 1. The van der Waals surface area contributed by atoms with Gasteiger partial charge in [-0.2, -0.15) is 0 Å². The third-order valence-corrected chi connectivity index (χ3v) is 2.21. The molecule has 0 aromatic rings. The summed E-state index contributed by atoms with van der Waals surface area (Å²) in [4.78, 5) is 12.9. The molecule has 0 aliphatic carbocycles. The Hall–Kier alpha value is 0. The Labute approximate surface area is 74.3 Å². The highest BCUT2D eigenvalue weighted by Gasteiger charge is 2.20. The molecule has 0 aromatic heterocycles. The molecule has 3 nitrogen and oxygen atoms in total. The van der Waals surface area contributed by atoms with Gasteiger partial charge in [0.05, 0.1) is 4.05 Å². The molecule has 1 aliphatic rings. The number of amides is 2. The minimum Gasteiger partial charge on any atom is -0.338 e. The predicted octanol–water partition coefficient (Wildman–Crippen LogP) is 1.18. The molecule has 1 atom stereocenters. The number of carbonyl (C=O) groups is 1. The Bertz CT molecular complexity index is 138. The zero-order valence-corrected chi connectivity index (χ0v) is 8.09. The monoisotopic (exact) mass is 254 g/mol. The molecular formula is C6H11IN2O. The predicted molar refractivity (Wildman–Crippen MR) is 48.2 cm³/mol. The van der Waals surface area contributed by atoms with E-state index in [1.807, 2.05) is 11.8 Å². The minimum absolute atomic E-state index is 0.0770. The minimum atomic E-state index is 0.0770. The Morgan fingerprint density at radius 1 is 1.80 bits per heavy atom. The number of nitrogens with one attached hydrogen (secondary N) is 1. The van der Waals surface area contributed by atoms with Crippen LogP contribution in [0.2, 0.25) is 0 Å². The smallest absolute Gasteiger partial charge is 0.318 e. The van der Waals surface area contributed by atoms with Crippen LogP contribution < -0.4 is 5.32 Å². The molecule has 2 amide bonds. The first-order valence-corrected chi connectivity index (χ1v) is 4.65. The second-order valence-electron chi connectivity index (χ2n) is 2.35. The molecule has 10 heavy (non-hydrogen) atoms. The highest BCUT2D eigenvalue weighted by molar-refractivity contribution is 14.1. The van der Waals surface area contributed by atoms with E-state index in [-0.39, 0.29) is 6.03 Å². The quantitative estimate of drug-likeness (QED) is 0.425. The number of rotatable bonds is 1. The fraction of sp³-hybridized carbons (Fsp3) is 0.833. The maximum Gasteiger partial charge on any atom is 0.318 e. The van der Waals surface area contributed by atoms with E-state index in [0.29, 0.717) is 4.05 Å². The average molecular weight is 254 g/mol. The molecule has 1 fully saturated rings. The highest BCUT2D eigenvalue weighted by Crippen LogP contribution is 2.10. The van der Waals surface area contributed by atoms with Gasteiger partial charge in [-0.25, -0.2) is 4.79 Å². The standard InChI is InChI=1S/C6H11IN2O/c1-5(7)9-4-2-3-8-6(9)10/h5H,2-4H2,1H3,(H,8,10). The summed E-state index contributed by atoms with van der Waals surface area (Å²) in [5.74, 6) is 0. The van der Waals surface area contributed by atoms with Crippen LogP contribution in [0.15, 0.2) is 0 Å². The largest absolute Gasteiger partial charge is 0.338 e. The molecule has 0 aromatic carbocycles. The van der Waals surface area contributed by atoms with Gasteiger partial charge in [0.2, 0.25) is 0 Å². The van der Waals surface area contributed by atoms with Crippen molar-refractivity contribution >= 4 is 28.6 Å². The topological polar surface area (TPSA) is 32.3 Å². The molecule has 0 saturated carbocycles. The van der Waals surface area contributed by atoms with Gasteiger partial charge in [-0.15, -0.1) is 0 Å². The fourth-order valence-corrected chi connectivity index (χ4v) is 1.52. The van der Waals surface area contributed by atoms with E-state index in [0.717, 1.165) is 19.5 Å². The van der Waals surface area contributed by atoms with Crippen molar-refractivity contribution in [2.24, 2.45) is 0 Å². The summed E-state index contributed by atoms with van der Waals surface area (Å²) in [6.07, 6.45) is 1.07. The third kappa shape index (κ3) is 1.74. The maximum absolute atomic E-state index is 11.0. The summed E-state index contributed by atoms with van der Waals surface area (Å²) in [6.45, 7) is 3.75. The lowest BCUT2D eigenvalue weighted by molar-refractivity contribution is 0.186. The molecule has 0 spiro atoms. The van der Waals surface area contributed by atoms with Gasteiger partial charge in [-0.1, -0.05) is 22.6 Å². The lowest BCUT2D eigenvalue weighted by Gasteiger charge is -2.29. The first-order valence-electron chi connectivity index (χ1n) is 3.40. The first-order chi connectivity index (χ1) is 4.72. The number of carbonyl (C=O) groups excluding carboxylic acids is 1. The summed E-state index contributed by atoms with van der Waals surface area (Å²) >= 11 is 2.24. The molecule has 1 saturated heterocycles. The van der Waals surface area contributed by atoms with Crippen LogP contribution in [-0.4, -0.2) is 28.1 Å². The number of nitrogens with zero attached hydrogens (tertiary/aromatic N) is 1. The summed E-state index contributed by atoms with van der Waals surface area (Å²) in [5, 5.41) is 2.80. The van der Waals surface area contributed by atoms with Gasteiger partial charge in [-0.05, 0) is 13.3 Å². The van der Waals surface area contributed by atoms with Crippen LogP contribution >= 0.6 is 22.6 Å². The van der Waals surface area contributed by atoms with E-state index >= 15 is 0 Å². The summed E-state index contributed by atoms with van der Waals surface area (Å²) in [6, 6.07) is 0.0770. The average Bonchev–Trinajstić information content (AvgIpc) is 1.88. The molecule has 1 heterocycles. The zero-order valence-electron chi connectivity index (χ0n) is 5.93. The second-order valence-corrected chi connectivity index (χ2v) is 4.16. The third-order valence-electron chi connectivity index (χ3n) is 1.54. The van der Waals surface area contributed by atoms with Crippen molar-refractivity contribution in [3.8, 4) is 0 Å². The van der Waals surface area contributed by atoms with E-state index in [1.54, 1.807) is 0 Å². The zero-order chi connectivity index (χ0) is 7.56. The summed E-state index contributed by atoms with van der Waals surface area (Å²) in [7, 11) is 0. The van der Waals surface area contributed by atoms with Gasteiger partial charge >= 0.3 is 6.03 Å². The Kier molecular flexibility index (Phi) is 2.76. The van der Waals surface area contributed by atoms with Gasteiger partial charge in [0, 0.05) is 13.1 Å². The number of hydrogen-bond donors (Lipinski definition) is 1. The van der Waals surface area contributed by atoms with Crippen molar-refractivity contribution in [1.29, 1.82) is 0 Å². The Morgan fingerprint density at radius 3 is 2.90 bits per heavy atom. The lowest BCUT2D eigenvalue weighted by atomic mass is 10.3. The number of urea groups is 1. The molecule has 0 radical (unpaired) electrons. The molecule has 58 valence electrons. The van der Waals surface area contributed by atoms with Crippen LogP contribution in [0.5, 0.6) is 0 Å². The Balaban J connectivity index is 2.48. The fourth-order valence-electron chi connectivity index (χ4n) is 0.987. The molecule has 0 bridgehead atoms. The Morgan fingerprint density at radius 2 is 2.50 bits per heavy atom. The van der Waals surface area contributed by atoms with Crippen LogP contribution in [0.25, 0.3) is 0 Å². The van der Waals surface area contributed by atoms with Gasteiger partial charge in [0.25, 0.3) is 0 Å². The van der Waals surface area contributed by atoms with Crippen molar-refractivity contribution < 1.29 is 4.79 Å². The summed E-state index contributed by atoms with van der Waals surface area (Å²) in [5.41, 5.74) is 0. The molecular weight excluding hydrogens is 243 g/mol. The van der Waals surface area contributed by atoms with Gasteiger partial charge < -0.3 is 10.2 Å². The van der Waals surface area contributed by atoms with Crippen LogP contribution in [0, 0.1) is 0 Å². The van der Waals surface area contributed by atoms with Gasteiger partial charge in [0.15, 0.2) is 0 Å². The van der Waals surface area contributed by atoms with Gasteiger partial charge in [0.1, 0.15) is 0 Å². The second kappa shape index (κ2) is 3.41. The normalized spacial score (nSPS) is 22.2. The van der Waals surface area contributed by atoms with Crippen LogP contribution in [-0.2, 0) is 0 Å². The number of halogens is 1. The van der Waals surface area contributed by atoms with E-state index in [2.05, 4.69) is 27.9 Å². The lowest BCUT2D eigenvalue weighted by Crippen LogP contribution is -2.48. The summed E-state index contributed by atoms with van der Waals surface area (Å²) < 4.78 is 0.304. The molecule has 4 heteroatoms.